The van der Waals surface area contributed by atoms with Crippen molar-refractivity contribution in [2.24, 2.45) is 0 Å². The summed E-state index contributed by atoms with van der Waals surface area (Å²) in [6.07, 6.45) is 7.17. The molecular formula is C22H15N5O. The molecule has 6 rings (SSSR count). The lowest BCUT2D eigenvalue weighted by molar-refractivity contribution is 0.568. The molecule has 28 heavy (non-hydrogen) atoms. The lowest BCUT2D eigenvalue weighted by atomic mass is 10.0. The van der Waals surface area contributed by atoms with Gasteiger partial charge in [-0.3, -0.25) is 10.2 Å². The summed E-state index contributed by atoms with van der Waals surface area (Å²) in [5.41, 5.74) is 8.27. The predicted octanol–water partition coefficient (Wildman–Crippen LogP) is 5.36. The van der Waals surface area contributed by atoms with Crippen LogP contribution in [-0.4, -0.2) is 25.4 Å². The fourth-order valence-corrected chi connectivity index (χ4v) is 3.76. The molecule has 0 saturated carbocycles. The molecule has 0 saturated heterocycles. The summed E-state index contributed by atoms with van der Waals surface area (Å²) in [5.74, 6) is 0. The van der Waals surface area contributed by atoms with Gasteiger partial charge in [-0.15, -0.1) is 0 Å². The van der Waals surface area contributed by atoms with Crippen molar-refractivity contribution in [2.75, 3.05) is 0 Å². The normalized spacial score (nSPS) is 11.6. The molecule has 4 aromatic heterocycles. The molecule has 134 valence electrons. The fourth-order valence-electron chi connectivity index (χ4n) is 3.76. The van der Waals surface area contributed by atoms with E-state index in [0.29, 0.717) is 0 Å². The van der Waals surface area contributed by atoms with Gasteiger partial charge in [-0.05, 0) is 41.5 Å². The van der Waals surface area contributed by atoms with Crippen LogP contribution in [0.1, 0.15) is 0 Å². The summed E-state index contributed by atoms with van der Waals surface area (Å²) in [7, 11) is 0. The van der Waals surface area contributed by atoms with Crippen LogP contribution in [0.5, 0.6) is 0 Å². The minimum absolute atomic E-state index is 0.898. The molecule has 6 heteroatoms. The van der Waals surface area contributed by atoms with Gasteiger partial charge in [-0.2, -0.15) is 10.2 Å². The maximum atomic E-state index is 5.27. The van der Waals surface area contributed by atoms with Crippen molar-refractivity contribution in [1.29, 1.82) is 0 Å². The average molecular weight is 365 g/mol. The Morgan fingerprint density at radius 1 is 0.857 bits per heavy atom. The van der Waals surface area contributed by atoms with Crippen LogP contribution < -0.4 is 0 Å². The SMILES string of the molecule is c1cc(-c2ccoc2)c2cc(-c3n[nH]c4ccc(-c5cn[nH]c5)cc34)[nH]c2c1. The summed E-state index contributed by atoms with van der Waals surface area (Å²) >= 11 is 0. The number of rotatable bonds is 3. The van der Waals surface area contributed by atoms with Gasteiger partial charge >= 0.3 is 0 Å². The number of hydrogen-bond donors (Lipinski definition) is 3. The standard InChI is InChI=1S/C22H15N5O/c1-2-16(14-6-7-28-12-14)17-9-21(25-19(17)3-1)22-18-8-13(15-10-23-24-11-15)4-5-20(18)26-27-22/h1-12,25H,(H,23,24)(H,26,27). The number of hydrogen-bond acceptors (Lipinski definition) is 3. The Morgan fingerprint density at radius 2 is 1.86 bits per heavy atom. The quantitative estimate of drug-likeness (QED) is 0.394. The number of benzene rings is 2. The number of nitrogens with one attached hydrogen (secondary N) is 3. The van der Waals surface area contributed by atoms with E-state index in [9.17, 15) is 0 Å². The van der Waals surface area contributed by atoms with Crippen LogP contribution in [0.4, 0.5) is 0 Å². The van der Waals surface area contributed by atoms with Crippen LogP contribution in [0, 0.1) is 0 Å². The van der Waals surface area contributed by atoms with E-state index in [0.717, 1.165) is 55.4 Å². The van der Waals surface area contributed by atoms with Crippen molar-refractivity contribution in [1.82, 2.24) is 25.4 Å². The largest absolute Gasteiger partial charge is 0.472 e. The monoisotopic (exact) mass is 365 g/mol. The van der Waals surface area contributed by atoms with E-state index in [1.165, 1.54) is 0 Å². The second kappa shape index (κ2) is 5.72. The van der Waals surface area contributed by atoms with Gasteiger partial charge < -0.3 is 9.40 Å². The lowest BCUT2D eigenvalue weighted by Crippen LogP contribution is -1.79. The summed E-state index contributed by atoms with van der Waals surface area (Å²) in [6.45, 7) is 0. The number of H-pyrrole nitrogens is 3. The summed E-state index contributed by atoms with van der Waals surface area (Å²) < 4.78 is 5.27. The molecule has 0 radical (unpaired) electrons. The Morgan fingerprint density at radius 3 is 2.71 bits per heavy atom. The zero-order valence-corrected chi connectivity index (χ0v) is 14.7. The van der Waals surface area contributed by atoms with Crippen LogP contribution in [0.25, 0.3) is 55.4 Å². The second-order valence-corrected chi connectivity index (χ2v) is 6.78. The smallest absolute Gasteiger partial charge is 0.116 e. The van der Waals surface area contributed by atoms with Crippen LogP contribution in [0.15, 0.2) is 77.9 Å². The molecule has 0 unspecified atom stereocenters. The van der Waals surface area contributed by atoms with Gasteiger partial charge in [0.1, 0.15) is 5.69 Å². The van der Waals surface area contributed by atoms with Crippen LogP contribution in [0.2, 0.25) is 0 Å². The molecule has 6 aromatic rings. The third-order valence-corrected chi connectivity index (χ3v) is 5.15. The van der Waals surface area contributed by atoms with Gasteiger partial charge in [0.05, 0.1) is 29.9 Å². The molecular weight excluding hydrogens is 350 g/mol. The molecule has 0 aliphatic rings. The number of nitrogens with zero attached hydrogens (tertiary/aromatic N) is 2. The molecule has 0 aliphatic carbocycles. The predicted molar refractivity (Wildman–Crippen MR) is 109 cm³/mol. The van der Waals surface area contributed by atoms with Gasteiger partial charge in [0, 0.05) is 33.6 Å². The maximum Gasteiger partial charge on any atom is 0.116 e. The Kier molecular flexibility index (Phi) is 3.07. The third-order valence-electron chi connectivity index (χ3n) is 5.15. The van der Waals surface area contributed by atoms with E-state index in [2.05, 4.69) is 55.7 Å². The highest BCUT2D eigenvalue weighted by Gasteiger charge is 2.14. The molecule has 0 aliphatic heterocycles. The Labute approximate surface area is 159 Å². The zero-order chi connectivity index (χ0) is 18.5. The molecule has 0 bridgehead atoms. The van der Waals surface area contributed by atoms with Gasteiger partial charge in [0.25, 0.3) is 0 Å². The van der Waals surface area contributed by atoms with E-state index in [1.54, 1.807) is 12.5 Å². The minimum atomic E-state index is 0.898. The van der Waals surface area contributed by atoms with Crippen molar-refractivity contribution in [2.45, 2.75) is 0 Å². The number of aromatic nitrogens is 5. The summed E-state index contributed by atoms with van der Waals surface area (Å²) in [4.78, 5) is 3.52. The zero-order valence-electron chi connectivity index (χ0n) is 14.7. The highest BCUT2D eigenvalue weighted by molar-refractivity contribution is 6.01. The van der Waals surface area contributed by atoms with Crippen LogP contribution >= 0.6 is 0 Å². The van der Waals surface area contributed by atoms with Crippen molar-refractivity contribution in [3.05, 3.63) is 73.5 Å². The van der Waals surface area contributed by atoms with Crippen molar-refractivity contribution in [3.8, 4) is 33.6 Å². The van der Waals surface area contributed by atoms with Crippen LogP contribution in [-0.2, 0) is 0 Å². The summed E-state index contributed by atoms with van der Waals surface area (Å²) in [5, 5.41) is 16.8. The van der Waals surface area contributed by atoms with Gasteiger partial charge in [-0.1, -0.05) is 18.2 Å². The first kappa shape index (κ1) is 15.0. The first-order valence-corrected chi connectivity index (χ1v) is 8.99. The van der Waals surface area contributed by atoms with E-state index >= 15 is 0 Å². The van der Waals surface area contributed by atoms with E-state index in [4.69, 9.17) is 4.42 Å². The molecule has 2 aromatic carbocycles. The highest BCUT2D eigenvalue weighted by Crippen LogP contribution is 2.35. The minimum Gasteiger partial charge on any atom is -0.472 e. The Hall–Kier alpha value is -4.06. The molecule has 6 nitrogen and oxygen atoms in total. The van der Waals surface area contributed by atoms with Gasteiger partial charge in [0.2, 0.25) is 0 Å². The average Bonchev–Trinajstić information content (AvgIpc) is 3.53. The molecule has 0 fully saturated rings. The molecule has 3 N–H and O–H groups in total. The topological polar surface area (TPSA) is 86.3 Å². The van der Waals surface area contributed by atoms with Crippen LogP contribution in [0.3, 0.4) is 0 Å². The number of furan rings is 1. The lowest BCUT2D eigenvalue weighted by Gasteiger charge is -1.99. The number of aromatic amines is 3. The van der Waals surface area contributed by atoms with Gasteiger partial charge in [0.15, 0.2) is 0 Å². The van der Waals surface area contributed by atoms with E-state index in [-0.39, 0.29) is 0 Å². The highest BCUT2D eigenvalue weighted by atomic mass is 16.3. The fraction of sp³-hybridized carbons (Fsp3) is 0. The van der Waals surface area contributed by atoms with E-state index in [1.807, 2.05) is 30.6 Å². The van der Waals surface area contributed by atoms with Crippen molar-refractivity contribution in [3.63, 3.8) is 0 Å². The number of fused-ring (bicyclic) bond motifs is 2. The molecule has 0 spiro atoms. The second-order valence-electron chi connectivity index (χ2n) is 6.78. The first-order chi connectivity index (χ1) is 13.9. The maximum absolute atomic E-state index is 5.27. The van der Waals surface area contributed by atoms with Crippen molar-refractivity contribution < 1.29 is 4.42 Å². The molecule has 4 heterocycles. The van der Waals surface area contributed by atoms with Gasteiger partial charge in [-0.25, -0.2) is 0 Å². The Bertz CT molecular complexity index is 1400. The molecule has 0 amide bonds. The summed E-state index contributed by atoms with van der Waals surface area (Å²) in [6, 6.07) is 16.6. The first-order valence-electron chi connectivity index (χ1n) is 8.99. The van der Waals surface area contributed by atoms with E-state index < -0.39 is 0 Å². The van der Waals surface area contributed by atoms with Crippen molar-refractivity contribution >= 4 is 21.8 Å². The molecule has 0 atom stereocenters. The Balaban J connectivity index is 1.55. The third kappa shape index (κ3) is 2.21.